The fourth-order valence-corrected chi connectivity index (χ4v) is 3.29. The van der Waals surface area contributed by atoms with Gasteiger partial charge in [-0.15, -0.1) is 0 Å². The molecular formula is C20H42O4S. The van der Waals surface area contributed by atoms with Crippen molar-refractivity contribution in [1.29, 1.82) is 0 Å². The first-order chi connectivity index (χ1) is 12.1. The molecule has 5 heteroatoms. The van der Waals surface area contributed by atoms with Crippen LogP contribution < -0.4 is 0 Å². The van der Waals surface area contributed by atoms with Crippen LogP contribution >= 0.6 is 0 Å². The zero-order valence-corrected chi connectivity index (χ0v) is 17.6. The van der Waals surface area contributed by atoms with Gasteiger partial charge in [0.1, 0.15) is 0 Å². The molecule has 0 N–H and O–H groups in total. The predicted molar refractivity (Wildman–Crippen MR) is 107 cm³/mol. The Morgan fingerprint density at radius 2 is 0.960 bits per heavy atom. The maximum absolute atomic E-state index is 10.8. The van der Waals surface area contributed by atoms with Crippen molar-refractivity contribution >= 4 is 10.1 Å². The monoisotopic (exact) mass is 378 g/mol. The maximum Gasteiger partial charge on any atom is 0.264 e. The normalized spacial score (nSPS) is 11.9. The summed E-state index contributed by atoms with van der Waals surface area (Å²) in [5.74, 6) is 0. The molecule has 152 valence electrons. The number of unbranched alkanes of at least 4 members (excludes halogenated alkanes) is 13. The SMILES string of the molecule is CCCCCCCCCCCCCCCCOCCCOS(C)(=O)=O. The molecule has 0 fully saturated rings. The van der Waals surface area contributed by atoms with Gasteiger partial charge in [0, 0.05) is 13.2 Å². The molecule has 0 aromatic carbocycles. The second kappa shape index (κ2) is 18.7. The third-order valence-electron chi connectivity index (χ3n) is 4.37. The smallest absolute Gasteiger partial charge is 0.264 e. The Balaban J connectivity index is 3.03. The van der Waals surface area contributed by atoms with E-state index in [-0.39, 0.29) is 6.61 Å². The molecule has 0 aliphatic carbocycles. The third kappa shape index (κ3) is 23.9. The number of hydrogen-bond acceptors (Lipinski definition) is 4. The van der Waals surface area contributed by atoms with Crippen molar-refractivity contribution in [3.8, 4) is 0 Å². The highest BCUT2D eigenvalue weighted by molar-refractivity contribution is 7.85. The molecule has 0 saturated heterocycles. The molecule has 0 radical (unpaired) electrons. The summed E-state index contributed by atoms with van der Waals surface area (Å²) in [6.45, 7) is 3.84. The standard InChI is InChI=1S/C20H42O4S/c1-3-4-5-6-7-8-9-10-11-12-13-14-15-16-18-23-19-17-20-24-25(2,21)22/h3-20H2,1-2H3. The van der Waals surface area contributed by atoms with Crippen LogP contribution in [0.5, 0.6) is 0 Å². The van der Waals surface area contributed by atoms with Crippen molar-refractivity contribution in [2.24, 2.45) is 0 Å². The highest BCUT2D eigenvalue weighted by Crippen LogP contribution is 2.12. The molecule has 0 rings (SSSR count). The summed E-state index contributed by atoms with van der Waals surface area (Å²) < 4.78 is 31.6. The average molecular weight is 379 g/mol. The van der Waals surface area contributed by atoms with Gasteiger partial charge in [-0.1, -0.05) is 90.4 Å². The van der Waals surface area contributed by atoms with Gasteiger partial charge in [0.05, 0.1) is 12.9 Å². The number of rotatable bonds is 20. The van der Waals surface area contributed by atoms with Crippen LogP contribution in [0.4, 0.5) is 0 Å². The van der Waals surface area contributed by atoms with Crippen LogP contribution in [0.1, 0.15) is 103 Å². The lowest BCUT2D eigenvalue weighted by Crippen LogP contribution is -2.07. The lowest BCUT2D eigenvalue weighted by Gasteiger charge is -2.05. The highest BCUT2D eigenvalue weighted by atomic mass is 32.2. The van der Waals surface area contributed by atoms with E-state index in [2.05, 4.69) is 11.1 Å². The quantitative estimate of drug-likeness (QED) is 0.197. The summed E-state index contributed by atoms with van der Waals surface area (Å²) in [5, 5.41) is 0. The minimum Gasteiger partial charge on any atom is -0.381 e. The largest absolute Gasteiger partial charge is 0.381 e. The van der Waals surface area contributed by atoms with E-state index in [1.54, 1.807) is 0 Å². The van der Waals surface area contributed by atoms with E-state index in [0.717, 1.165) is 19.3 Å². The minimum absolute atomic E-state index is 0.220. The molecule has 4 nitrogen and oxygen atoms in total. The fraction of sp³-hybridized carbons (Fsp3) is 1.00. The van der Waals surface area contributed by atoms with Crippen LogP contribution in [-0.4, -0.2) is 34.5 Å². The van der Waals surface area contributed by atoms with E-state index in [1.165, 1.54) is 83.5 Å². The Kier molecular flexibility index (Phi) is 18.6. The summed E-state index contributed by atoms with van der Waals surface area (Å²) in [5.41, 5.74) is 0. The molecule has 0 spiro atoms. The van der Waals surface area contributed by atoms with Gasteiger partial charge in [0.2, 0.25) is 0 Å². The molecule has 0 saturated carbocycles. The topological polar surface area (TPSA) is 52.6 Å². The van der Waals surface area contributed by atoms with E-state index in [0.29, 0.717) is 13.0 Å². The van der Waals surface area contributed by atoms with Crippen molar-refractivity contribution in [2.75, 3.05) is 26.1 Å². The molecule has 0 unspecified atom stereocenters. The molecule has 0 aromatic rings. The summed E-state index contributed by atoms with van der Waals surface area (Å²) in [6.07, 6.45) is 20.7. The van der Waals surface area contributed by atoms with E-state index < -0.39 is 10.1 Å². The third-order valence-corrected chi connectivity index (χ3v) is 4.97. The number of hydrogen-bond donors (Lipinski definition) is 0. The van der Waals surface area contributed by atoms with Crippen molar-refractivity contribution in [1.82, 2.24) is 0 Å². The zero-order valence-electron chi connectivity index (χ0n) is 16.8. The van der Waals surface area contributed by atoms with Gasteiger partial charge in [-0.05, 0) is 12.8 Å². The van der Waals surface area contributed by atoms with E-state index >= 15 is 0 Å². The molecule has 0 amide bonds. The molecule has 0 bridgehead atoms. The summed E-state index contributed by atoms with van der Waals surface area (Å²) in [4.78, 5) is 0. The summed E-state index contributed by atoms with van der Waals surface area (Å²) >= 11 is 0. The molecule has 0 aliphatic rings. The first-order valence-corrected chi connectivity index (χ1v) is 12.3. The Labute approximate surface area is 157 Å². The Morgan fingerprint density at radius 1 is 0.560 bits per heavy atom. The predicted octanol–water partition coefficient (Wildman–Crippen LogP) is 5.85. The van der Waals surface area contributed by atoms with E-state index in [4.69, 9.17) is 4.74 Å². The molecular weight excluding hydrogens is 336 g/mol. The van der Waals surface area contributed by atoms with Gasteiger partial charge >= 0.3 is 0 Å². The zero-order chi connectivity index (χ0) is 18.6. The average Bonchev–Trinajstić information content (AvgIpc) is 2.56. The maximum atomic E-state index is 10.8. The fourth-order valence-electron chi connectivity index (χ4n) is 2.87. The van der Waals surface area contributed by atoms with Gasteiger partial charge in [0.25, 0.3) is 10.1 Å². The molecule has 0 aliphatic heterocycles. The van der Waals surface area contributed by atoms with Gasteiger partial charge in [-0.25, -0.2) is 0 Å². The van der Waals surface area contributed by atoms with Crippen molar-refractivity contribution in [2.45, 2.75) is 103 Å². The van der Waals surface area contributed by atoms with Crippen molar-refractivity contribution in [3.05, 3.63) is 0 Å². The Hall–Kier alpha value is -0.130. The second-order valence-corrected chi connectivity index (χ2v) is 8.73. The van der Waals surface area contributed by atoms with Gasteiger partial charge in [-0.2, -0.15) is 8.42 Å². The summed E-state index contributed by atoms with van der Waals surface area (Å²) in [7, 11) is -3.30. The van der Waals surface area contributed by atoms with Gasteiger partial charge in [0.15, 0.2) is 0 Å². The summed E-state index contributed by atoms with van der Waals surface area (Å²) in [6, 6.07) is 0. The van der Waals surface area contributed by atoms with Crippen molar-refractivity contribution in [3.63, 3.8) is 0 Å². The number of ether oxygens (including phenoxy) is 1. The van der Waals surface area contributed by atoms with Crippen molar-refractivity contribution < 1.29 is 17.3 Å². The molecule has 0 atom stereocenters. The lowest BCUT2D eigenvalue weighted by atomic mass is 10.0. The van der Waals surface area contributed by atoms with Crippen LogP contribution in [0.25, 0.3) is 0 Å². The van der Waals surface area contributed by atoms with Crippen LogP contribution in [0.2, 0.25) is 0 Å². The first-order valence-electron chi connectivity index (χ1n) is 10.5. The highest BCUT2D eigenvalue weighted by Gasteiger charge is 2.00. The van der Waals surface area contributed by atoms with Gasteiger partial charge in [-0.3, -0.25) is 4.18 Å². The van der Waals surface area contributed by atoms with Crippen LogP contribution in [0, 0.1) is 0 Å². The van der Waals surface area contributed by atoms with E-state index in [9.17, 15) is 8.42 Å². The second-order valence-electron chi connectivity index (χ2n) is 7.09. The Bertz CT molecular complexity index is 355. The molecule has 0 aromatic heterocycles. The molecule has 0 heterocycles. The van der Waals surface area contributed by atoms with E-state index in [1.807, 2.05) is 0 Å². The van der Waals surface area contributed by atoms with Gasteiger partial charge < -0.3 is 4.74 Å². The minimum atomic E-state index is -3.30. The first kappa shape index (κ1) is 24.9. The lowest BCUT2D eigenvalue weighted by molar-refractivity contribution is 0.116. The van der Waals surface area contributed by atoms with Crippen LogP contribution in [0.15, 0.2) is 0 Å². The Morgan fingerprint density at radius 3 is 1.40 bits per heavy atom. The van der Waals surface area contributed by atoms with Crippen LogP contribution in [0.3, 0.4) is 0 Å². The van der Waals surface area contributed by atoms with Crippen LogP contribution in [-0.2, 0) is 19.0 Å². The molecule has 25 heavy (non-hydrogen) atoms.